The molecular formula is C19H24N2O3S2. The van der Waals surface area contributed by atoms with Gasteiger partial charge in [0.15, 0.2) is 0 Å². The van der Waals surface area contributed by atoms with Crippen molar-refractivity contribution < 1.29 is 14.3 Å². The number of carbonyl (C=O) groups excluding carboxylic acids is 2. The van der Waals surface area contributed by atoms with Crippen LogP contribution in [0.1, 0.15) is 34.5 Å². The van der Waals surface area contributed by atoms with Gasteiger partial charge in [0.2, 0.25) is 0 Å². The molecule has 140 valence electrons. The lowest BCUT2D eigenvalue weighted by Gasteiger charge is -2.22. The third-order valence-electron chi connectivity index (χ3n) is 3.75. The number of nitrogens with zero attached hydrogens (tertiary/aromatic N) is 1. The third kappa shape index (κ3) is 6.38. The van der Waals surface area contributed by atoms with Gasteiger partial charge in [0, 0.05) is 11.8 Å². The van der Waals surface area contributed by atoms with E-state index in [1.807, 2.05) is 17.5 Å². The molecule has 1 aromatic heterocycles. The standard InChI is InChI=1S/C19H24N2O3S2/c1-13-9-14(2)11-16(10-13)12-17(18-5-4-8-26-18)20-19(23)21(25)6-7-24-15(3)22/h4-5,8-11,17,25H,6-7,12H2,1-3H3,(H,20,23). The highest BCUT2D eigenvalue weighted by Crippen LogP contribution is 2.24. The van der Waals surface area contributed by atoms with E-state index >= 15 is 0 Å². The highest BCUT2D eigenvalue weighted by Gasteiger charge is 2.19. The molecular weight excluding hydrogens is 368 g/mol. The van der Waals surface area contributed by atoms with Crippen LogP contribution in [0, 0.1) is 13.8 Å². The Morgan fingerprint density at radius 2 is 1.96 bits per heavy atom. The third-order valence-corrected chi connectivity index (χ3v) is 5.12. The van der Waals surface area contributed by atoms with Crippen molar-refractivity contribution >= 4 is 36.2 Å². The van der Waals surface area contributed by atoms with Crippen LogP contribution in [-0.2, 0) is 16.0 Å². The first-order valence-electron chi connectivity index (χ1n) is 8.36. The van der Waals surface area contributed by atoms with E-state index in [-0.39, 0.29) is 31.2 Å². The number of aryl methyl sites for hydroxylation is 2. The van der Waals surface area contributed by atoms with E-state index in [0.717, 1.165) is 4.88 Å². The highest BCUT2D eigenvalue weighted by molar-refractivity contribution is 7.78. The Morgan fingerprint density at radius 3 is 2.54 bits per heavy atom. The van der Waals surface area contributed by atoms with E-state index < -0.39 is 0 Å². The van der Waals surface area contributed by atoms with Gasteiger partial charge in [-0.2, -0.15) is 0 Å². The molecule has 7 heteroatoms. The first-order chi connectivity index (χ1) is 12.3. The molecule has 1 N–H and O–H groups in total. The van der Waals surface area contributed by atoms with Crippen LogP contribution in [0.3, 0.4) is 0 Å². The molecule has 1 heterocycles. The molecule has 0 spiro atoms. The zero-order valence-electron chi connectivity index (χ0n) is 15.2. The number of urea groups is 1. The minimum absolute atomic E-state index is 0.118. The van der Waals surface area contributed by atoms with Gasteiger partial charge in [-0.3, -0.25) is 9.10 Å². The quantitative estimate of drug-likeness (QED) is 0.552. The fourth-order valence-corrected chi connectivity index (χ4v) is 3.65. The summed E-state index contributed by atoms with van der Waals surface area (Å²) in [5.74, 6) is -0.376. The van der Waals surface area contributed by atoms with Crippen molar-refractivity contribution in [2.24, 2.45) is 0 Å². The zero-order chi connectivity index (χ0) is 19.1. The number of carbonyl (C=O) groups is 2. The Kier molecular flexibility index (Phi) is 7.53. The van der Waals surface area contributed by atoms with Gasteiger partial charge < -0.3 is 10.1 Å². The van der Waals surface area contributed by atoms with E-state index in [0.29, 0.717) is 6.42 Å². The Labute approximate surface area is 163 Å². The number of nitrogens with one attached hydrogen (secondary N) is 1. The van der Waals surface area contributed by atoms with Gasteiger partial charge in [0.25, 0.3) is 0 Å². The lowest BCUT2D eigenvalue weighted by Crippen LogP contribution is -2.38. The maximum absolute atomic E-state index is 12.5. The number of rotatable bonds is 7. The predicted octanol–water partition coefficient (Wildman–Crippen LogP) is 4.07. The molecule has 2 rings (SSSR count). The molecule has 1 aromatic carbocycles. The Bertz CT molecular complexity index is 727. The van der Waals surface area contributed by atoms with Crippen molar-refractivity contribution in [1.82, 2.24) is 9.62 Å². The second kappa shape index (κ2) is 9.64. The summed E-state index contributed by atoms with van der Waals surface area (Å²) in [4.78, 5) is 24.4. The monoisotopic (exact) mass is 392 g/mol. The van der Waals surface area contributed by atoms with Crippen LogP contribution in [-0.4, -0.2) is 29.5 Å². The summed E-state index contributed by atoms with van der Waals surface area (Å²) in [6, 6.07) is 9.93. The van der Waals surface area contributed by atoms with Gasteiger partial charge in [-0.05, 0) is 37.3 Å². The van der Waals surface area contributed by atoms with Crippen molar-refractivity contribution in [2.75, 3.05) is 13.2 Å². The summed E-state index contributed by atoms with van der Waals surface area (Å²) in [6.45, 7) is 5.81. The first-order valence-corrected chi connectivity index (χ1v) is 9.64. The zero-order valence-corrected chi connectivity index (χ0v) is 16.9. The average Bonchev–Trinajstić information content (AvgIpc) is 3.07. The number of ether oxygens (including phenoxy) is 1. The molecule has 5 nitrogen and oxygen atoms in total. The van der Waals surface area contributed by atoms with Crippen molar-refractivity contribution in [2.45, 2.75) is 33.2 Å². The summed E-state index contributed by atoms with van der Waals surface area (Å²) in [5, 5.41) is 5.02. The van der Waals surface area contributed by atoms with Gasteiger partial charge in [0.05, 0.1) is 12.6 Å². The number of esters is 1. The second-order valence-electron chi connectivity index (χ2n) is 6.18. The van der Waals surface area contributed by atoms with Gasteiger partial charge in [0.1, 0.15) is 6.61 Å². The molecule has 0 aliphatic rings. The molecule has 0 aliphatic heterocycles. The van der Waals surface area contributed by atoms with Crippen molar-refractivity contribution in [3.05, 3.63) is 57.3 Å². The largest absolute Gasteiger partial charge is 0.464 e. The smallest absolute Gasteiger partial charge is 0.327 e. The fraction of sp³-hybridized carbons (Fsp3) is 0.368. The summed E-state index contributed by atoms with van der Waals surface area (Å²) >= 11 is 5.80. The highest BCUT2D eigenvalue weighted by atomic mass is 32.1. The Balaban J connectivity index is 2.05. The number of thiol groups is 1. The molecule has 0 aliphatic carbocycles. The van der Waals surface area contributed by atoms with E-state index in [2.05, 4.69) is 50.2 Å². The van der Waals surface area contributed by atoms with Crippen LogP contribution >= 0.6 is 24.2 Å². The van der Waals surface area contributed by atoms with E-state index in [1.54, 1.807) is 11.3 Å². The summed E-state index contributed by atoms with van der Waals surface area (Å²) in [5.41, 5.74) is 3.58. The molecule has 0 saturated heterocycles. The SMILES string of the molecule is CC(=O)OCCN(S)C(=O)NC(Cc1cc(C)cc(C)c1)c1cccs1. The molecule has 0 radical (unpaired) electrons. The second-order valence-corrected chi connectivity index (χ2v) is 7.64. The molecule has 2 aromatic rings. The van der Waals surface area contributed by atoms with Crippen molar-refractivity contribution in [1.29, 1.82) is 0 Å². The predicted molar refractivity (Wildman–Crippen MR) is 108 cm³/mol. The van der Waals surface area contributed by atoms with Crippen LogP contribution in [0.25, 0.3) is 0 Å². The minimum atomic E-state index is -0.376. The maximum Gasteiger partial charge on any atom is 0.327 e. The van der Waals surface area contributed by atoms with E-state index in [4.69, 9.17) is 4.74 Å². The topological polar surface area (TPSA) is 58.6 Å². The van der Waals surface area contributed by atoms with Gasteiger partial charge in [-0.25, -0.2) is 4.79 Å². The molecule has 1 atom stereocenters. The molecule has 26 heavy (non-hydrogen) atoms. The van der Waals surface area contributed by atoms with E-state index in [9.17, 15) is 9.59 Å². The summed E-state index contributed by atoms with van der Waals surface area (Å²) < 4.78 is 6.08. The molecule has 0 bridgehead atoms. The van der Waals surface area contributed by atoms with E-state index in [1.165, 1.54) is 27.9 Å². The number of hydrogen-bond acceptors (Lipinski definition) is 5. The molecule has 1 unspecified atom stereocenters. The maximum atomic E-state index is 12.5. The van der Waals surface area contributed by atoms with Gasteiger partial charge in [-0.15, -0.1) is 11.3 Å². The first kappa shape index (κ1) is 20.3. The van der Waals surface area contributed by atoms with Crippen LogP contribution in [0.4, 0.5) is 4.79 Å². The lowest BCUT2D eigenvalue weighted by atomic mass is 10.0. The lowest BCUT2D eigenvalue weighted by molar-refractivity contribution is -0.140. The van der Waals surface area contributed by atoms with Crippen molar-refractivity contribution in [3.63, 3.8) is 0 Å². The number of thiophene rings is 1. The van der Waals surface area contributed by atoms with Crippen LogP contribution in [0.5, 0.6) is 0 Å². The number of hydrogen-bond donors (Lipinski definition) is 2. The van der Waals surface area contributed by atoms with Crippen molar-refractivity contribution in [3.8, 4) is 0 Å². The van der Waals surface area contributed by atoms with Gasteiger partial charge >= 0.3 is 12.0 Å². The fourth-order valence-electron chi connectivity index (χ4n) is 2.74. The molecule has 0 fully saturated rings. The minimum Gasteiger partial charge on any atom is -0.464 e. The Morgan fingerprint density at radius 1 is 1.27 bits per heavy atom. The summed E-state index contributed by atoms with van der Waals surface area (Å²) in [6.07, 6.45) is 0.695. The molecule has 2 amide bonds. The van der Waals surface area contributed by atoms with Crippen LogP contribution in [0.2, 0.25) is 0 Å². The summed E-state index contributed by atoms with van der Waals surface area (Å²) in [7, 11) is 0. The molecule has 0 saturated carbocycles. The van der Waals surface area contributed by atoms with Crippen LogP contribution in [0.15, 0.2) is 35.7 Å². The van der Waals surface area contributed by atoms with Gasteiger partial charge in [-0.1, -0.05) is 48.2 Å². The average molecular weight is 393 g/mol. The number of amides is 2. The normalized spacial score (nSPS) is 11.7. The Hall–Kier alpha value is -1.99. The van der Waals surface area contributed by atoms with Crippen LogP contribution < -0.4 is 5.32 Å². The number of benzene rings is 1.